The van der Waals surface area contributed by atoms with Crippen molar-refractivity contribution in [3.8, 4) is 11.8 Å². The van der Waals surface area contributed by atoms with Crippen LogP contribution in [0.5, 0.6) is 5.75 Å². The number of benzene rings is 1. The zero-order chi connectivity index (χ0) is 15.8. The van der Waals surface area contributed by atoms with Gasteiger partial charge in [-0.3, -0.25) is 0 Å². The van der Waals surface area contributed by atoms with Crippen LogP contribution in [0.25, 0.3) is 5.57 Å². The first-order chi connectivity index (χ1) is 9.61. The van der Waals surface area contributed by atoms with Gasteiger partial charge in [0.15, 0.2) is 0 Å². The topological polar surface area (TPSA) is 45.0 Å². The second-order valence-electron chi connectivity index (χ2n) is 6.79. The minimum Gasteiger partial charge on any atom is -0.483 e. The lowest BCUT2D eigenvalue weighted by Gasteiger charge is -2.33. The summed E-state index contributed by atoms with van der Waals surface area (Å²) in [4.78, 5) is 0.676. The van der Waals surface area contributed by atoms with Crippen LogP contribution in [-0.2, 0) is 0 Å². The van der Waals surface area contributed by atoms with Crippen LogP contribution in [-0.4, -0.2) is 16.1 Å². The highest BCUT2D eigenvalue weighted by Gasteiger charge is 2.29. The average Bonchev–Trinajstić information content (AvgIpc) is 2.34. The van der Waals surface area contributed by atoms with Crippen LogP contribution in [0.2, 0.25) is 0 Å². The maximum Gasteiger partial charge on any atom is 0.128 e. The summed E-state index contributed by atoms with van der Waals surface area (Å²) in [6, 6.07) is 7.58. The van der Waals surface area contributed by atoms with Gasteiger partial charge in [-0.15, -0.1) is 0 Å². The predicted octanol–water partition coefficient (Wildman–Crippen LogP) is 3.83. The normalized spacial score (nSPS) is 16.1. The molecule has 0 spiro atoms. The second kappa shape index (κ2) is 5.16. The Morgan fingerprint density at radius 2 is 2.00 bits per heavy atom. The van der Waals surface area contributed by atoms with Crippen LogP contribution in [0.15, 0.2) is 24.3 Å². The highest BCUT2D eigenvalue weighted by atomic mass is 32.1. The molecule has 1 aromatic rings. The van der Waals surface area contributed by atoms with Gasteiger partial charge in [0.25, 0.3) is 0 Å². The van der Waals surface area contributed by atoms with E-state index in [9.17, 15) is 0 Å². The molecule has 1 aliphatic rings. The minimum absolute atomic E-state index is 0.118. The summed E-state index contributed by atoms with van der Waals surface area (Å²) < 4.78 is 5.96. The van der Waals surface area contributed by atoms with Crippen molar-refractivity contribution in [1.82, 2.24) is 5.32 Å². The van der Waals surface area contributed by atoms with E-state index in [1.54, 1.807) is 6.07 Å². The molecule has 21 heavy (non-hydrogen) atoms. The molecule has 0 amide bonds. The smallest absolute Gasteiger partial charge is 0.128 e. The number of nitrogens with one attached hydrogen (secondary N) is 1. The van der Waals surface area contributed by atoms with E-state index in [-0.39, 0.29) is 5.54 Å². The number of fused-ring (bicyclic) bond motifs is 1. The van der Waals surface area contributed by atoms with Crippen molar-refractivity contribution < 1.29 is 4.74 Å². The summed E-state index contributed by atoms with van der Waals surface area (Å²) in [5, 5.41) is 12.4. The highest BCUT2D eigenvalue weighted by Crippen LogP contribution is 2.37. The Morgan fingerprint density at radius 1 is 1.33 bits per heavy atom. The van der Waals surface area contributed by atoms with Gasteiger partial charge < -0.3 is 10.1 Å². The Labute approximate surface area is 131 Å². The third-order valence-electron chi connectivity index (χ3n) is 3.00. The van der Waals surface area contributed by atoms with Gasteiger partial charge in [0.2, 0.25) is 0 Å². The highest BCUT2D eigenvalue weighted by molar-refractivity contribution is 7.81. The van der Waals surface area contributed by atoms with E-state index < -0.39 is 5.60 Å². The zero-order valence-electron chi connectivity index (χ0n) is 13.1. The van der Waals surface area contributed by atoms with E-state index in [1.165, 1.54) is 0 Å². The molecule has 1 N–H and O–H groups in total. The number of hydrogen-bond donors (Lipinski definition) is 1. The van der Waals surface area contributed by atoms with E-state index in [4.69, 9.17) is 22.2 Å². The van der Waals surface area contributed by atoms with Crippen molar-refractivity contribution in [3.63, 3.8) is 0 Å². The Hall–Kier alpha value is -1.86. The molecule has 1 aromatic carbocycles. The lowest BCUT2D eigenvalue weighted by Crippen LogP contribution is -2.41. The van der Waals surface area contributed by atoms with Crippen LogP contribution in [0.4, 0.5) is 0 Å². The van der Waals surface area contributed by atoms with E-state index in [0.717, 1.165) is 16.9 Å². The van der Waals surface area contributed by atoms with Gasteiger partial charge in [-0.25, -0.2) is 0 Å². The quantitative estimate of drug-likeness (QED) is 0.801. The van der Waals surface area contributed by atoms with Crippen molar-refractivity contribution in [3.05, 3.63) is 35.4 Å². The first kappa shape index (κ1) is 15.5. The van der Waals surface area contributed by atoms with E-state index in [2.05, 4.69) is 32.2 Å². The van der Waals surface area contributed by atoms with Gasteiger partial charge in [0.1, 0.15) is 16.3 Å². The summed E-state index contributed by atoms with van der Waals surface area (Å²) in [6.07, 6.45) is 2.01. The zero-order valence-corrected chi connectivity index (χ0v) is 13.9. The van der Waals surface area contributed by atoms with Crippen molar-refractivity contribution in [1.29, 1.82) is 5.26 Å². The molecular weight excluding hydrogens is 280 g/mol. The molecule has 0 saturated carbocycles. The van der Waals surface area contributed by atoms with E-state index >= 15 is 0 Å². The summed E-state index contributed by atoms with van der Waals surface area (Å²) >= 11 is 5.56. The Bertz CT molecular complexity index is 660. The molecule has 4 heteroatoms. The van der Waals surface area contributed by atoms with Gasteiger partial charge >= 0.3 is 0 Å². The van der Waals surface area contributed by atoms with Crippen LogP contribution >= 0.6 is 12.2 Å². The Balaban J connectivity index is 2.51. The molecule has 110 valence electrons. The van der Waals surface area contributed by atoms with Crippen molar-refractivity contribution in [2.24, 2.45) is 0 Å². The number of nitriles is 1. The lowest BCUT2D eigenvalue weighted by molar-refractivity contribution is 0.158. The molecule has 3 nitrogen and oxygen atoms in total. The number of nitrogens with zero attached hydrogens (tertiary/aromatic N) is 1. The number of thiocarbonyl (C=S) groups is 1. The summed E-state index contributed by atoms with van der Waals surface area (Å²) in [5.74, 6) is 0.759. The third kappa shape index (κ3) is 3.62. The molecule has 0 saturated heterocycles. The van der Waals surface area contributed by atoms with Gasteiger partial charge in [-0.2, -0.15) is 5.26 Å². The van der Waals surface area contributed by atoms with Crippen LogP contribution in [0.3, 0.4) is 0 Å². The summed E-state index contributed by atoms with van der Waals surface area (Å²) in [5.41, 5.74) is 1.84. The first-order valence-electron chi connectivity index (χ1n) is 6.90. The molecule has 0 aromatic heterocycles. The maximum atomic E-state index is 9.09. The standard InChI is InChI=1S/C17H20N2OS/c1-16(2,3)19-15(21)13-9-17(4,5)20-14-7-6-11(10-18)8-12(13)14/h6-9H,1-5H3,(H,19,21). The van der Waals surface area contributed by atoms with Crippen LogP contribution in [0, 0.1) is 11.3 Å². The molecule has 1 aliphatic heterocycles. The fourth-order valence-corrected chi connectivity index (χ4v) is 2.71. The van der Waals surface area contributed by atoms with Gasteiger partial charge in [0.05, 0.1) is 11.6 Å². The predicted molar refractivity (Wildman–Crippen MR) is 89.3 cm³/mol. The van der Waals surface area contributed by atoms with Gasteiger partial charge in [0, 0.05) is 16.7 Å². The van der Waals surface area contributed by atoms with Gasteiger partial charge in [-0.1, -0.05) is 12.2 Å². The molecule has 0 atom stereocenters. The van der Waals surface area contributed by atoms with E-state index in [0.29, 0.717) is 10.6 Å². The third-order valence-corrected chi connectivity index (χ3v) is 3.32. The van der Waals surface area contributed by atoms with Crippen molar-refractivity contribution in [2.75, 3.05) is 0 Å². The van der Waals surface area contributed by atoms with E-state index in [1.807, 2.05) is 32.1 Å². The maximum absolute atomic E-state index is 9.09. The molecule has 1 heterocycles. The largest absolute Gasteiger partial charge is 0.483 e. The Morgan fingerprint density at radius 3 is 2.57 bits per heavy atom. The average molecular weight is 300 g/mol. The van der Waals surface area contributed by atoms with Crippen molar-refractivity contribution >= 4 is 22.8 Å². The molecule has 0 unspecified atom stereocenters. The molecule has 0 fully saturated rings. The second-order valence-corrected chi connectivity index (χ2v) is 7.20. The minimum atomic E-state index is -0.430. The van der Waals surface area contributed by atoms with Gasteiger partial charge in [-0.05, 0) is 58.9 Å². The fourth-order valence-electron chi connectivity index (χ4n) is 2.23. The Kier molecular flexibility index (Phi) is 3.81. The summed E-state index contributed by atoms with van der Waals surface area (Å²) in [6.45, 7) is 10.2. The number of hydrogen-bond acceptors (Lipinski definition) is 3. The van der Waals surface area contributed by atoms with Crippen LogP contribution in [0.1, 0.15) is 45.7 Å². The SMILES string of the molecule is CC(C)(C)NC(=S)C1=CC(C)(C)Oc2ccc(C#N)cc21. The first-order valence-corrected chi connectivity index (χ1v) is 7.31. The van der Waals surface area contributed by atoms with Crippen molar-refractivity contribution in [2.45, 2.75) is 45.8 Å². The number of ether oxygens (including phenoxy) is 1. The lowest BCUT2D eigenvalue weighted by atomic mass is 9.93. The monoisotopic (exact) mass is 300 g/mol. The molecule has 2 rings (SSSR count). The molecule has 0 aliphatic carbocycles. The number of rotatable bonds is 1. The summed E-state index contributed by atoms with van der Waals surface area (Å²) in [7, 11) is 0. The van der Waals surface area contributed by atoms with Crippen LogP contribution < -0.4 is 10.1 Å². The molecule has 0 bridgehead atoms. The molecule has 0 radical (unpaired) electrons. The molecular formula is C17H20N2OS. The fraction of sp³-hybridized carbons (Fsp3) is 0.412.